The number of piperazine rings is 1. The van der Waals surface area contributed by atoms with Crippen molar-refractivity contribution in [3.63, 3.8) is 0 Å². The summed E-state index contributed by atoms with van der Waals surface area (Å²) >= 11 is 0. The van der Waals surface area contributed by atoms with Crippen LogP contribution in [0.4, 0.5) is 5.69 Å². The molecule has 1 N–H and O–H groups in total. The molecule has 0 amide bonds. The van der Waals surface area contributed by atoms with Crippen LogP contribution in [0.1, 0.15) is 6.42 Å². The minimum Gasteiger partial charge on any atom is -0.493 e. The van der Waals surface area contributed by atoms with E-state index < -0.39 is 5.97 Å². The lowest BCUT2D eigenvalue weighted by Gasteiger charge is -2.36. The van der Waals surface area contributed by atoms with Gasteiger partial charge in [0.15, 0.2) is 11.5 Å². The zero-order valence-electron chi connectivity index (χ0n) is 13.9. The first-order valence-corrected chi connectivity index (χ1v) is 7.58. The van der Waals surface area contributed by atoms with Crippen molar-refractivity contribution in [3.8, 4) is 17.2 Å². The van der Waals surface area contributed by atoms with Gasteiger partial charge < -0.3 is 24.2 Å². The van der Waals surface area contributed by atoms with Gasteiger partial charge in [-0.2, -0.15) is 0 Å². The largest absolute Gasteiger partial charge is 0.493 e. The fourth-order valence-corrected chi connectivity index (χ4v) is 2.73. The Morgan fingerprint density at radius 3 is 2.04 bits per heavy atom. The molecule has 1 heterocycles. The van der Waals surface area contributed by atoms with Crippen molar-refractivity contribution >= 4 is 11.7 Å². The van der Waals surface area contributed by atoms with Crippen molar-refractivity contribution in [2.75, 3.05) is 59.0 Å². The molecule has 0 spiro atoms. The van der Waals surface area contributed by atoms with Gasteiger partial charge in [-0.15, -0.1) is 0 Å². The average molecular weight is 324 g/mol. The molecule has 128 valence electrons. The average Bonchev–Trinajstić information content (AvgIpc) is 2.58. The lowest BCUT2D eigenvalue weighted by Crippen LogP contribution is -2.46. The molecule has 2 rings (SSSR count). The molecule has 1 aliphatic heterocycles. The van der Waals surface area contributed by atoms with Gasteiger partial charge in [0.05, 0.1) is 27.8 Å². The number of aliphatic carboxylic acids is 1. The van der Waals surface area contributed by atoms with E-state index in [2.05, 4.69) is 9.80 Å². The maximum Gasteiger partial charge on any atom is 0.304 e. The Bertz CT molecular complexity index is 516. The van der Waals surface area contributed by atoms with Crippen molar-refractivity contribution in [2.24, 2.45) is 0 Å². The second-order valence-electron chi connectivity index (χ2n) is 5.36. The van der Waals surface area contributed by atoms with Crippen LogP contribution < -0.4 is 19.1 Å². The molecule has 7 nitrogen and oxygen atoms in total. The Morgan fingerprint density at radius 2 is 1.61 bits per heavy atom. The maximum atomic E-state index is 10.7. The predicted molar refractivity (Wildman–Crippen MR) is 87.0 cm³/mol. The molecule has 1 aromatic carbocycles. The van der Waals surface area contributed by atoms with E-state index in [4.69, 9.17) is 19.3 Å². The number of nitrogens with zero attached hydrogens (tertiary/aromatic N) is 2. The van der Waals surface area contributed by atoms with E-state index in [1.54, 1.807) is 21.3 Å². The maximum absolute atomic E-state index is 10.7. The number of hydrogen-bond donors (Lipinski definition) is 1. The van der Waals surface area contributed by atoms with E-state index in [1.807, 2.05) is 12.1 Å². The summed E-state index contributed by atoms with van der Waals surface area (Å²) in [5.41, 5.74) is 1.01. The molecule has 1 aromatic rings. The van der Waals surface area contributed by atoms with E-state index in [0.29, 0.717) is 23.8 Å². The number of anilines is 1. The normalized spacial score (nSPS) is 15.3. The van der Waals surface area contributed by atoms with Crippen LogP contribution in [0.5, 0.6) is 17.2 Å². The van der Waals surface area contributed by atoms with E-state index in [9.17, 15) is 4.79 Å². The minimum atomic E-state index is -0.753. The Labute approximate surface area is 136 Å². The van der Waals surface area contributed by atoms with Crippen molar-refractivity contribution in [1.29, 1.82) is 0 Å². The van der Waals surface area contributed by atoms with Gasteiger partial charge in [-0.25, -0.2) is 0 Å². The molecular formula is C16H24N2O5. The lowest BCUT2D eigenvalue weighted by atomic mass is 10.2. The van der Waals surface area contributed by atoms with E-state index in [-0.39, 0.29) is 6.42 Å². The summed E-state index contributed by atoms with van der Waals surface area (Å²) in [5.74, 6) is 1.10. The zero-order chi connectivity index (χ0) is 16.8. The highest BCUT2D eigenvalue weighted by Gasteiger charge is 2.21. The highest BCUT2D eigenvalue weighted by atomic mass is 16.5. The fourth-order valence-electron chi connectivity index (χ4n) is 2.73. The van der Waals surface area contributed by atoms with E-state index in [0.717, 1.165) is 31.9 Å². The third kappa shape index (κ3) is 4.19. The van der Waals surface area contributed by atoms with Crippen LogP contribution in [-0.2, 0) is 4.79 Å². The molecule has 0 bridgehead atoms. The molecule has 1 aliphatic rings. The molecule has 1 fully saturated rings. The molecule has 0 aromatic heterocycles. The van der Waals surface area contributed by atoms with Gasteiger partial charge in [-0.3, -0.25) is 9.69 Å². The highest BCUT2D eigenvalue weighted by Crippen LogP contribution is 2.41. The first-order chi connectivity index (χ1) is 11.1. The van der Waals surface area contributed by atoms with Gasteiger partial charge >= 0.3 is 5.97 Å². The molecule has 7 heteroatoms. The Hall–Kier alpha value is -2.15. The molecule has 0 radical (unpaired) electrons. The quantitative estimate of drug-likeness (QED) is 0.811. The van der Waals surface area contributed by atoms with Crippen molar-refractivity contribution in [3.05, 3.63) is 12.1 Å². The SMILES string of the molecule is COc1cc(N2CCN(CCC(=O)O)CC2)cc(OC)c1OC. The number of benzene rings is 1. The number of ether oxygens (including phenoxy) is 3. The number of carboxylic acids is 1. The van der Waals surface area contributed by atoms with Crippen LogP contribution in [0.2, 0.25) is 0 Å². The zero-order valence-corrected chi connectivity index (χ0v) is 13.9. The number of methoxy groups -OCH3 is 3. The molecule has 0 atom stereocenters. The van der Waals surface area contributed by atoms with Crippen molar-refractivity contribution in [1.82, 2.24) is 4.90 Å². The highest BCUT2D eigenvalue weighted by molar-refractivity contribution is 5.67. The van der Waals surface area contributed by atoms with Crippen LogP contribution in [-0.4, -0.2) is 70.0 Å². The van der Waals surface area contributed by atoms with E-state index >= 15 is 0 Å². The van der Waals surface area contributed by atoms with Gasteiger partial charge in [0.1, 0.15) is 0 Å². The number of rotatable bonds is 7. The Balaban J connectivity index is 2.07. The van der Waals surface area contributed by atoms with Crippen LogP contribution in [0.15, 0.2) is 12.1 Å². The van der Waals surface area contributed by atoms with Crippen molar-refractivity contribution < 1.29 is 24.1 Å². The molecule has 1 saturated heterocycles. The number of carbonyl (C=O) groups is 1. The second-order valence-corrected chi connectivity index (χ2v) is 5.36. The summed E-state index contributed by atoms with van der Waals surface area (Å²) in [6.45, 7) is 3.93. The first kappa shape index (κ1) is 17.2. The molecule has 0 aliphatic carbocycles. The Morgan fingerprint density at radius 1 is 1.04 bits per heavy atom. The third-order valence-corrected chi connectivity index (χ3v) is 4.03. The van der Waals surface area contributed by atoms with Gasteiger partial charge in [0.2, 0.25) is 5.75 Å². The summed E-state index contributed by atoms with van der Waals surface area (Å²) in [4.78, 5) is 15.1. The lowest BCUT2D eigenvalue weighted by molar-refractivity contribution is -0.137. The topological polar surface area (TPSA) is 71.5 Å². The van der Waals surface area contributed by atoms with Crippen LogP contribution in [0, 0.1) is 0 Å². The van der Waals surface area contributed by atoms with E-state index in [1.165, 1.54) is 0 Å². The van der Waals surface area contributed by atoms with Crippen LogP contribution in [0.3, 0.4) is 0 Å². The van der Waals surface area contributed by atoms with Crippen molar-refractivity contribution in [2.45, 2.75) is 6.42 Å². The van der Waals surface area contributed by atoms with Gasteiger partial charge in [-0.1, -0.05) is 0 Å². The van der Waals surface area contributed by atoms with Gasteiger partial charge in [0, 0.05) is 50.5 Å². The molecule has 0 unspecified atom stereocenters. The fraction of sp³-hybridized carbons (Fsp3) is 0.562. The monoisotopic (exact) mass is 324 g/mol. The third-order valence-electron chi connectivity index (χ3n) is 4.03. The number of hydrogen-bond acceptors (Lipinski definition) is 6. The molecule has 23 heavy (non-hydrogen) atoms. The molecular weight excluding hydrogens is 300 g/mol. The summed E-state index contributed by atoms with van der Waals surface area (Å²) in [5, 5.41) is 8.76. The summed E-state index contributed by atoms with van der Waals surface area (Å²) < 4.78 is 16.1. The van der Waals surface area contributed by atoms with Crippen LogP contribution in [0.25, 0.3) is 0 Å². The first-order valence-electron chi connectivity index (χ1n) is 7.58. The summed E-state index contributed by atoms with van der Waals surface area (Å²) in [6, 6.07) is 3.88. The second kappa shape index (κ2) is 7.92. The van der Waals surface area contributed by atoms with Gasteiger partial charge in [0.25, 0.3) is 0 Å². The van der Waals surface area contributed by atoms with Crippen LogP contribution >= 0.6 is 0 Å². The minimum absolute atomic E-state index is 0.185. The Kier molecular flexibility index (Phi) is 5.92. The standard InChI is InChI=1S/C16H24N2O5/c1-21-13-10-12(11-14(22-2)16(13)23-3)18-8-6-17(7-9-18)5-4-15(19)20/h10-11H,4-9H2,1-3H3,(H,19,20). The molecule has 0 saturated carbocycles. The van der Waals surface area contributed by atoms with Gasteiger partial charge in [-0.05, 0) is 0 Å². The smallest absolute Gasteiger partial charge is 0.304 e. The predicted octanol–water partition coefficient (Wildman–Crippen LogP) is 1.31. The number of carboxylic acid groups (broad SMARTS) is 1. The summed E-state index contributed by atoms with van der Waals surface area (Å²) in [7, 11) is 4.79. The summed E-state index contributed by atoms with van der Waals surface area (Å²) in [6.07, 6.45) is 0.185.